The summed E-state index contributed by atoms with van der Waals surface area (Å²) in [6, 6.07) is 0. The van der Waals surface area contributed by atoms with E-state index in [9.17, 15) is 0 Å². The van der Waals surface area contributed by atoms with Crippen LogP contribution < -0.4 is 4.74 Å². The molecule has 2 rings (SSSR count). The zero-order valence-corrected chi connectivity index (χ0v) is 7.77. The second kappa shape index (κ2) is 3.64. The third kappa shape index (κ3) is 1.80. The summed E-state index contributed by atoms with van der Waals surface area (Å²) in [6.45, 7) is 0.538. The summed E-state index contributed by atoms with van der Waals surface area (Å²) in [4.78, 5) is 4.09. The van der Waals surface area contributed by atoms with Crippen LogP contribution in [0.25, 0.3) is 0 Å². The van der Waals surface area contributed by atoms with E-state index in [1.54, 1.807) is 23.7 Å². The summed E-state index contributed by atoms with van der Waals surface area (Å²) >= 11 is 2.98. The lowest BCUT2D eigenvalue weighted by Crippen LogP contribution is -1.92. The van der Waals surface area contributed by atoms with Crippen molar-refractivity contribution in [3.05, 3.63) is 28.2 Å². The van der Waals surface area contributed by atoms with Gasteiger partial charge < -0.3 is 4.74 Å². The van der Waals surface area contributed by atoms with Crippen LogP contribution in [0.4, 0.5) is 0 Å². The highest BCUT2D eigenvalue weighted by Crippen LogP contribution is 2.14. The normalized spacial score (nSPS) is 10.0. The fourth-order valence-corrected chi connectivity index (χ4v) is 1.72. The van der Waals surface area contributed by atoms with E-state index in [-0.39, 0.29) is 0 Å². The maximum Gasteiger partial charge on any atom is 0.150 e. The largest absolute Gasteiger partial charge is 0.484 e. The van der Waals surface area contributed by atoms with Crippen LogP contribution in [-0.4, -0.2) is 9.36 Å². The first-order valence-electron chi connectivity index (χ1n) is 3.36. The van der Waals surface area contributed by atoms with Gasteiger partial charge in [0.1, 0.15) is 11.6 Å². The molecule has 2 aromatic rings. The van der Waals surface area contributed by atoms with Crippen LogP contribution in [0.3, 0.4) is 0 Å². The summed E-state index contributed by atoms with van der Waals surface area (Å²) in [5.74, 6) is 0.815. The van der Waals surface area contributed by atoms with Crippen molar-refractivity contribution in [1.82, 2.24) is 9.36 Å². The number of aromatic nitrogens is 2. The van der Waals surface area contributed by atoms with E-state index in [0.29, 0.717) is 6.61 Å². The van der Waals surface area contributed by atoms with Crippen LogP contribution in [0.5, 0.6) is 5.75 Å². The molecule has 0 radical (unpaired) electrons. The molecular weight excluding hydrogens is 192 g/mol. The van der Waals surface area contributed by atoms with Crippen molar-refractivity contribution in [2.45, 2.75) is 6.61 Å². The van der Waals surface area contributed by atoms with E-state index >= 15 is 0 Å². The zero-order chi connectivity index (χ0) is 8.23. The van der Waals surface area contributed by atoms with Gasteiger partial charge in [-0.2, -0.15) is 4.37 Å². The van der Waals surface area contributed by atoms with Gasteiger partial charge in [-0.05, 0) is 11.5 Å². The summed E-state index contributed by atoms with van der Waals surface area (Å²) in [5, 5.41) is 4.79. The predicted octanol–water partition coefficient (Wildman–Crippen LogP) is 2.18. The quantitative estimate of drug-likeness (QED) is 0.758. The Bertz CT molecular complexity index is 283. The van der Waals surface area contributed by atoms with Gasteiger partial charge in [-0.25, -0.2) is 4.98 Å². The van der Waals surface area contributed by atoms with Crippen molar-refractivity contribution in [1.29, 1.82) is 0 Å². The molecule has 0 aliphatic rings. The highest BCUT2D eigenvalue weighted by atomic mass is 32.1. The lowest BCUT2D eigenvalue weighted by molar-refractivity contribution is 0.306. The van der Waals surface area contributed by atoms with E-state index in [4.69, 9.17) is 4.74 Å². The van der Waals surface area contributed by atoms with E-state index in [1.165, 1.54) is 11.5 Å². The summed E-state index contributed by atoms with van der Waals surface area (Å²) in [7, 11) is 0. The fourth-order valence-electron chi connectivity index (χ4n) is 0.736. The molecule has 0 amide bonds. The Kier molecular flexibility index (Phi) is 2.33. The van der Waals surface area contributed by atoms with Crippen LogP contribution in [0.2, 0.25) is 0 Å². The average Bonchev–Trinajstić information content (AvgIpc) is 2.74. The lowest BCUT2D eigenvalue weighted by atomic mass is 10.6. The molecule has 0 bridgehead atoms. The molecule has 2 heterocycles. The van der Waals surface area contributed by atoms with Gasteiger partial charge in [0.25, 0.3) is 0 Å². The Labute approximate surface area is 77.8 Å². The summed E-state index contributed by atoms with van der Waals surface area (Å²) in [6.07, 6.45) is 3.48. The van der Waals surface area contributed by atoms with Gasteiger partial charge >= 0.3 is 0 Å². The van der Waals surface area contributed by atoms with Gasteiger partial charge in [-0.1, -0.05) is 0 Å². The Balaban J connectivity index is 1.91. The zero-order valence-electron chi connectivity index (χ0n) is 6.14. The molecule has 62 valence electrons. The smallest absolute Gasteiger partial charge is 0.150 e. The highest BCUT2D eigenvalue weighted by molar-refractivity contribution is 7.09. The van der Waals surface area contributed by atoms with E-state index < -0.39 is 0 Å². The van der Waals surface area contributed by atoms with Crippen LogP contribution in [-0.2, 0) is 6.61 Å². The van der Waals surface area contributed by atoms with Gasteiger partial charge in [-0.3, -0.25) is 0 Å². The second-order valence-corrected chi connectivity index (χ2v) is 3.71. The first-order chi connectivity index (χ1) is 5.95. The Morgan fingerprint density at radius 1 is 1.50 bits per heavy atom. The van der Waals surface area contributed by atoms with Gasteiger partial charge in [0.05, 0.1) is 11.6 Å². The SMILES string of the molecule is c1csc(COc2cnsc2)n1. The van der Waals surface area contributed by atoms with Crippen molar-refractivity contribution in [3.63, 3.8) is 0 Å². The monoisotopic (exact) mass is 198 g/mol. The summed E-state index contributed by atoms with van der Waals surface area (Å²) in [5.41, 5.74) is 0. The third-order valence-corrected chi connectivity index (χ3v) is 2.57. The molecule has 5 heteroatoms. The van der Waals surface area contributed by atoms with E-state index in [2.05, 4.69) is 9.36 Å². The van der Waals surface area contributed by atoms with Crippen LogP contribution in [0.1, 0.15) is 5.01 Å². The molecule has 12 heavy (non-hydrogen) atoms. The molecule has 0 aromatic carbocycles. The number of rotatable bonds is 3. The van der Waals surface area contributed by atoms with Crippen molar-refractivity contribution >= 4 is 22.9 Å². The number of thiazole rings is 1. The second-order valence-electron chi connectivity index (χ2n) is 2.07. The minimum absolute atomic E-state index is 0.538. The Morgan fingerprint density at radius 2 is 2.50 bits per heavy atom. The van der Waals surface area contributed by atoms with E-state index in [1.807, 2.05) is 10.8 Å². The van der Waals surface area contributed by atoms with Crippen molar-refractivity contribution < 1.29 is 4.74 Å². The molecule has 0 atom stereocenters. The first-order valence-corrected chi connectivity index (χ1v) is 5.07. The number of nitrogens with zero attached hydrogens (tertiary/aromatic N) is 2. The third-order valence-electron chi connectivity index (χ3n) is 1.26. The molecule has 3 nitrogen and oxygen atoms in total. The Hall–Kier alpha value is -0.940. The number of hydrogen-bond donors (Lipinski definition) is 0. The molecule has 2 aromatic heterocycles. The lowest BCUT2D eigenvalue weighted by Gasteiger charge is -1.97. The van der Waals surface area contributed by atoms with Gasteiger partial charge in [0.2, 0.25) is 0 Å². The molecule has 0 fully saturated rings. The standard InChI is InChI=1S/C7H6N2OS2/c1-2-11-7(8-1)4-10-6-3-9-12-5-6/h1-3,5H,4H2. The number of ether oxygens (including phenoxy) is 1. The predicted molar refractivity (Wildman–Crippen MR) is 48.6 cm³/mol. The fraction of sp³-hybridized carbons (Fsp3) is 0.143. The molecule has 0 N–H and O–H groups in total. The van der Waals surface area contributed by atoms with Crippen LogP contribution in [0, 0.1) is 0 Å². The molecule has 0 aliphatic carbocycles. The van der Waals surface area contributed by atoms with Crippen LogP contribution in [0.15, 0.2) is 23.2 Å². The molecule has 0 saturated heterocycles. The van der Waals surface area contributed by atoms with Gasteiger partial charge in [-0.15, -0.1) is 11.3 Å². The van der Waals surface area contributed by atoms with Crippen molar-refractivity contribution in [2.75, 3.05) is 0 Å². The first kappa shape index (κ1) is 7.70. The summed E-state index contributed by atoms with van der Waals surface area (Å²) < 4.78 is 9.31. The minimum atomic E-state index is 0.538. The highest BCUT2D eigenvalue weighted by Gasteiger charge is 1.97. The molecular formula is C7H6N2OS2. The van der Waals surface area contributed by atoms with Crippen LogP contribution >= 0.6 is 22.9 Å². The maximum atomic E-state index is 5.39. The Morgan fingerprint density at radius 3 is 3.17 bits per heavy atom. The topological polar surface area (TPSA) is 35.0 Å². The molecule has 0 saturated carbocycles. The molecule has 0 unspecified atom stereocenters. The maximum absolute atomic E-state index is 5.39. The molecule has 0 aliphatic heterocycles. The minimum Gasteiger partial charge on any atom is -0.484 e. The van der Waals surface area contributed by atoms with Gasteiger partial charge in [0.15, 0.2) is 5.75 Å². The van der Waals surface area contributed by atoms with Crippen molar-refractivity contribution in [3.8, 4) is 5.75 Å². The van der Waals surface area contributed by atoms with Gasteiger partial charge in [0, 0.05) is 11.6 Å². The van der Waals surface area contributed by atoms with Crippen molar-refractivity contribution in [2.24, 2.45) is 0 Å². The number of hydrogen-bond acceptors (Lipinski definition) is 5. The van der Waals surface area contributed by atoms with E-state index in [0.717, 1.165) is 10.8 Å². The average molecular weight is 198 g/mol. The molecule has 0 spiro atoms.